The van der Waals surface area contributed by atoms with Crippen LogP contribution in [0.4, 0.5) is 0 Å². The van der Waals surface area contributed by atoms with Gasteiger partial charge in [0, 0.05) is 18.2 Å². The summed E-state index contributed by atoms with van der Waals surface area (Å²) >= 11 is 0. The minimum absolute atomic E-state index is 0.0402. The number of unbranched alkanes of at least 4 members (excludes halogenated alkanes) is 1. The molecule has 2 rings (SSSR count). The van der Waals surface area contributed by atoms with E-state index in [-0.39, 0.29) is 16.5 Å². The van der Waals surface area contributed by atoms with Gasteiger partial charge in [-0.15, -0.1) is 0 Å². The zero-order valence-corrected chi connectivity index (χ0v) is 16.7. The molecule has 2 atom stereocenters. The van der Waals surface area contributed by atoms with Crippen LogP contribution in [0.3, 0.4) is 0 Å². The van der Waals surface area contributed by atoms with E-state index < -0.39 is 27.9 Å². The SMILES string of the molecule is CCCCC(NC(=O)c1ccc(S(=O)(=O)N2CCCCC2C)cc1)C(=O)O. The van der Waals surface area contributed by atoms with Crippen molar-refractivity contribution in [2.24, 2.45) is 0 Å². The summed E-state index contributed by atoms with van der Waals surface area (Å²) in [6.45, 7) is 4.35. The van der Waals surface area contributed by atoms with Gasteiger partial charge in [-0.05, 0) is 50.5 Å². The summed E-state index contributed by atoms with van der Waals surface area (Å²) < 4.78 is 27.1. The molecule has 0 radical (unpaired) electrons. The van der Waals surface area contributed by atoms with Gasteiger partial charge in [-0.25, -0.2) is 13.2 Å². The molecule has 1 aromatic rings. The van der Waals surface area contributed by atoms with Crippen LogP contribution >= 0.6 is 0 Å². The summed E-state index contributed by atoms with van der Waals surface area (Å²) in [6, 6.07) is 4.68. The molecule has 1 fully saturated rings. The molecule has 1 saturated heterocycles. The van der Waals surface area contributed by atoms with E-state index >= 15 is 0 Å². The van der Waals surface area contributed by atoms with Gasteiger partial charge in [0.15, 0.2) is 0 Å². The molecule has 0 aliphatic carbocycles. The molecule has 150 valence electrons. The number of aliphatic carboxylic acids is 1. The molecule has 0 bridgehead atoms. The van der Waals surface area contributed by atoms with Crippen molar-refractivity contribution >= 4 is 21.9 Å². The Morgan fingerprint density at radius 2 is 1.93 bits per heavy atom. The van der Waals surface area contributed by atoms with Crippen LogP contribution in [-0.2, 0) is 14.8 Å². The Hall–Kier alpha value is -1.93. The van der Waals surface area contributed by atoms with Crippen LogP contribution in [0.2, 0.25) is 0 Å². The van der Waals surface area contributed by atoms with E-state index in [4.69, 9.17) is 0 Å². The van der Waals surface area contributed by atoms with Crippen LogP contribution in [0.25, 0.3) is 0 Å². The first-order chi connectivity index (χ1) is 12.8. The van der Waals surface area contributed by atoms with E-state index in [9.17, 15) is 23.1 Å². The quantitative estimate of drug-likeness (QED) is 0.703. The van der Waals surface area contributed by atoms with Crippen LogP contribution in [0.15, 0.2) is 29.2 Å². The molecule has 0 aromatic heterocycles. The highest BCUT2D eigenvalue weighted by molar-refractivity contribution is 7.89. The van der Waals surface area contributed by atoms with Crippen LogP contribution in [0, 0.1) is 0 Å². The maximum atomic E-state index is 12.8. The minimum atomic E-state index is -3.59. The molecule has 7 nitrogen and oxygen atoms in total. The number of hydrogen-bond acceptors (Lipinski definition) is 4. The molecule has 2 unspecified atom stereocenters. The lowest BCUT2D eigenvalue weighted by Crippen LogP contribution is -2.42. The second-order valence-corrected chi connectivity index (χ2v) is 8.88. The normalized spacial score (nSPS) is 19.4. The Kier molecular flexibility index (Phi) is 7.38. The second kappa shape index (κ2) is 9.32. The lowest BCUT2D eigenvalue weighted by molar-refractivity contribution is -0.139. The van der Waals surface area contributed by atoms with Crippen molar-refractivity contribution in [2.75, 3.05) is 6.54 Å². The molecule has 8 heteroatoms. The van der Waals surface area contributed by atoms with Crippen LogP contribution in [-0.4, -0.2) is 48.3 Å². The number of carbonyl (C=O) groups is 2. The Morgan fingerprint density at radius 1 is 1.26 bits per heavy atom. The molecular formula is C19H28N2O5S. The predicted octanol–water partition coefficient (Wildman–Crippen LogP) is 2.62. The monoisotopic (exact) mass is 396 g/mol. The maximum Gasteiger partial charge on any atom is 0.326 e. The van der Waals surface area contributed by atoms with Crippen LogP contribution < -0.4 is 5.32 Å². The second-order valence-electron chi connectivity index (χ2n) is 6.99. The Labute approximate surface area is 160 Å². The number of amides is 1. The number of nitrogens with zero attached hydrogens (tertiary/aromatic N) is 1. The Balaban J connectivity index is 2.11. The first-order valence-electron chi connectivity index (χ1n) is 9.43. The predicted molar refractivity (Wildman–Crippen MR) is 102 cm³/mol. The average molecular weight is 397 g/mol. The molecule has 1 aromatic carbocycles. The number of carboxylic acids is 1. The van der Waals surface area contributed by atoms with E-state index in [0.29, 0.717) is 19.4 Å². The number of nitrogens with one attached hydrogen (secondary N) is 1. The molecule has 27 heavy (non-hydrogen) atoms. The van der Waals surface area contributed by atoms with Gasteiger partial charge in [-0.2, -0.15) is 4.31 Å². The summed E-state index contributed by atoms with van der Waals surface area (Å²) in [5, 5.41) is 11.7. The summed E-state index contributed by atoms with van der Waals surface area (Å²) in [7, 11) is -3.59. The van der Waals surface area contributed by atoms with Gasteiger partial charge in [0.05, 0.1) is 4.90 Å². The molecule has 1 aliphatic heterocycles. The number of carboxylic acid groups (broad SMARTS) is 1. The van der Waals surface area contributed by atoms with Crippen molar-refractivity contribution in [3.05, 3.63) is 29.8 Å². The van der Waals surface area contributed by atoms with Crippen molar-refractivity contribution in [1.29, 1.82) is 0 Å². The Morgan fingerprint density at radius 3 is 2.48 bits per heavy atom. The van der Waals surface area contributed by atoms with Crippen molar-refractivity contribution in [3.63, 3.8) is 0 Å². The summed E-state index contributed by atoms with van der Waals surface area (Å²) in [5.41, 5.74) is 0.239. The largest absolute Gasteiger partial charge is 0.480 e. The number of hydrogen-bond donors (Lipinski definition) is 2. The van der Waals surface area contributed by atoms with Gasteiger partial charge in [0.1, 0.15) is 6.04 Å². The van der Waals surface area contributed by atoms with Gasteiger partial charge in [0.2, 0.25) is 10.0 Å². The molecule has 0 spiro atoms. The van der Waals surface area contributed by atoms with E-state index in [0.717, 1.165) is 25.7 Å². The zero-order chi connectivity index (χ0) is 20.0. The first kappa shape index (κ1) is 21.4. The zero-order valence-electron chi connectivity index (χ0n) is 15.8. The molecular weight excluding hydrogens is 368 g/mol. The number of rotatable bonds is 8. The number of benzene rings is 1. The van der Waals surface area contributed by atoms with Crippen molar-refractivity contribution in [1.82, 2.24) is 9.62 Å². The number of carbonyl (C=O) groups excluding carboxylic acids is 1. The van der Waals surface area contributed by atoms with Crippen LogP contribution in [0.1, 0.15) is 62.7 Å². The fourth-order valence-electron chi connectivity index (χ4n) is 3.25. The highest BCUT2D eigenvalue weighted by Gasteiger charge is 2.31. The highest BCUT2D eigenvalue weighted by atomic mass is 32.2. The van der Waals surface area contributed by atoms with E-state index in [1.165, 1.54) is 28.6 Å². The van der Waals surface area contributed by atoms with Crippen molar-refractivity contribution in [3.8, 4) is 0 Å². The smallest absolute Gasteiger partial charge is 0.326 e. The van der Waals surface area contributed by atoms with Gasteiger partial charge in [-0.1, -0.05) is 26.2 Å². The molecule has 1 aliphatic rings. The lowest BCUT2D eigenvalue weighted by atomic mass is 10.1. The minimum Gasteiger partial charge on any atom is -0.480 e. The number of sulfonamides is 1. The van der Waals surface area contributed by atoms with Gasteiger partial charge in [0.25, 0.3) is 5.91 Å². The summed E-state index contributed by atoms with van der Waals surface area (Å²) in [5.74, 6) is -1.59. The third kappa shape index (κ3) is 5.29. The third-order valence-corrected chi connectivity index (χ3v) is 6.94. The van der Waals surface area contributed by atoms with Crippen molar-refractivity contribution < 1.29 is 23.1 Å². The molecule has 2 N–H and O–H groups in total. The molecule has 0 saturated carbocycles. The summed E-state index contributed by atoms with van der Waals surface area (Å²) in [4.78, 5) is 23.7. The third-order valence-electron chi connectivity index (χ3n) is 4.91. The fraction of sp³-hybridized carbons (Fsp3) is 0.579. The maximum absolute atomic E-state index is 12.8. The Bertz CT molecular complexity index is 761. The van der Waals surface area contributed by atoms with Crippen molar-refractivity contribution in [2.45, 2.75) is 69.4 Å². The summed E-state index contributed by atoms with van der Waals surface area (Å²) in [6.07, 6.45) is 4.60. The van der Waals surface area contributed by atoms with E-state index in [1.54, 1.807) is 0 Å². The van der Waals surface area contributed by atoms with Gasteiger partial charge in [-0.3, -0.25) is 4.79 Å². The highest BCUT2D eigenvalue weighted by Crippen LogP contribution is 2.25. The van der Waals surface area contributed by atoms with E-state index in [2.05, 4.69) is 5.32 Å². The van der Waals surface area contributed by atoms with Gasteiger partial charge < -0.3 is 10.4 Å². The standard InChI is InChI=1S/C19H28N2O5S/c1-3-4-8-17(19(23)24)20-18(22)15-9-11-16(12-10-15)27(25,26)21-13-6-5-7-14(21)2/h9-12,14,17H,3-8,13H2,1-2H3,(H,20,22)(H,23,24). The number of piperidine rings is 1. The van der Waals surface area contributed by atoms with Gasteiger partial charge >= 0.3 is 5.97 Å². The fourth-order valence-corrected chi connectivity index (χ4v) is 4.95. The molecule has 1 heterocycles. The van der Waals surface area contributed by atoms with Crippen LogP contribution in [0.5, 0.6) is 0 Å². The topological polar surface area (TPSA) is 104 Å². The first-order valence-corrected chi connectivity index (χ1v) is 10.9. The lowest BCUT2D eigenvalue weighted by Gasteiger charge is -2.32. The average Bonchev–Trinajstić information content (AvgIpc) is 2.65. The van der Waals surface area contributed by atoms with E-state index in [1.807, 2.05) is 13.8 Å². The molecule has 1 amide bonds.